The lowest BCUT2D eigenvalue weighted by molar-refractivity contribution is 0.152. The molecule has 0 bridgehead atoms. The van der Waals surface area contributed by atoms with Crippen molar-refractivity contribution in [2.75, 3.05) is 0 Å². The fourth-order valence-corrected chi connectivity index (χ4v) is 1.79. The van der Waals surface area contributed by atoms with Gasteiger partial charge < -0.3 is 14.9 Å². The van der Waals surface area contributed by atoms with E-state index in [4.69, 9.17) is 20.1 Å². The van der Waals surface area contributed by atoms with Crippen molar-refractivity contribution in [2.24, 2.45) is 5.73 Å². The predicted octanol–water partition coefficient (Wildman–Crippen LogP) is 2.93. The first-order valence-electron chi connectivity index (χ1n) is 6.09. The maximum Gasteiger partial charge on any atom is 0.171 e. The highest BCUT2D eigenvalue weighted by atomic mass is 16.5. The Labute approximate surface area is 112 Å². The highest BCUT2D eigenvalue weighted by Gasteiger charge is 2.21. The summed E-state index contributed by atoms with van der Waals surface area (Å²) in [7, 11) is 0. The van der Waals surface area contributed by atoms with Crippen LogP contribution < -0.4 is 10.5 Å². The molecule has 2 unspecified atom stereocenters. The summed E-state index contributed by atoms with van der Waals surface area (Å²) >= 11 is 0. The van der Waals surface area contributed by atoms with Crippen LogP contribution in [0.15, 0.2) is 40.8 Å². The Hall–Kier alpha value is -2.25. The molecule has 1 aromatic heterocycles. The molecular weight excluding hydrogens is 240 g/mol. The van der Waals surface area contributed by atoms with Gasteiger partial charge in [-0.1, -0.05) is 0 Å². The molecule has 0 spiro atoms. The van der Waals surface area contributed by atoms with Crippen LogP contribution in [-0.4, -0.2) is 6.04 Å². The molecule has 2 N–H and O–H groups in total. The van der Waals surface area contributed by atoms with Gasteiger partial charge in [-0.2, -0.15) is 5.26 Å². The number of hydrogen-bond acceptors (Lipinski definition) is 4. The standard InChI is InChI=1S/C15H16N2O2/c1-10-3-8-14(18-10)15(11(2)17)19-13-6-4-12(9-16)5-7-13/h3-8,11,15H,17H2,1-2H3. The summed E-state index contributed by atoms with van der Waals surface area (Å²) in [5.74, 6) is 2.19. The van der Waals surface area contributed by atoms with Gasteiger partial charge in [-0.25, -0.2) is 0 Å². The molecule has 0 aliphatic heterocycles. The molecule has 4 nitrogen and oxygen atoms in total. The summed E-state index contributed by atoms with van der Waals surface area (Å²) in [6, 6.07) is 12.5. The average Bonchev–Trinajstić information content (AvgIpc) is 2.82. The zero-order chi connectivity index (χ0) is 13.8. The third-order valence-corrected chi connectivity index (χ3v) is 2.77. The lowest BCUT2D eigenvalue weighted by atomic mass is 10.1. The predicted molar refractivity (Wildman–Crippen MR) is 71.6 cm³/mol. The Morgan fingerprint density at radius 3 is 2.37 bits per heavy atom. The molecule has 2 aromatic rings. The number of furan rings is 1. The van der Waals surface area contributed by atoms with Gasteiger partial charge in [0, 0.05) is 6.04 Å². The van der Waals surface area contributed by atoms with Crippen molar-refractivity contribution in [3.05, 3.63) is 53.5 Å². The van der Waals surface area contributed by atoms with Gasteiger partial charge in [0.2, 0.25) is 0 Å². The third kappa shape index (κ3) is 3.15. The molecular formula is C15H16N2O2. The Bertz CT molecular complexity index is 579. The second kappa shape index (κ2) is 5.59. The van der Waals surface area contributed by atoms with E-state index in [9.17, 15) is 0 Å². The SMILES string of the molecule is Cc1ccc(C(Oc2ccc(C#N)cc2)C(C)N)o1. The number of hydrogen-bond donors (Lipinski definition) is 1. The van der Waals surface area contributed by atoms with Gasteiger partial charge in [-0.05, 0) is 50.2 Å². The van der Waals surface area contributed by atoms with Gasteiger partial charge in [0.1, 0.15) is 17.3 Å². The number of benzene rings is 1. The van der Waals surface area contributed by atoms with Crippen LogP contribution in [0.2, 0.25) is 0 Å². The molecule has 0 aliphatic carbocycles. The van der Waals surface area contributed by atoms with Crippen molar-refractivity contribution < 1.29 is 9.15 Å². The third-order valence-electron chi connectivity index (χ3n) is 2.77. The summed E-state index contributed by atoms with van der Waals surface area (Å²) in [4.78, 5) is 0. The van der Waals surface area contributed by atoms with E-state index in [1.807, 2.05) is 26.0 Å². The first kappa shape index (κ1) is 13.2. The molecule has 1 heterocycles. The minimum atomic E-state index is -0.346. The summed E-state index contributed by atoms with van der Waals surface area (Å²) in [6.45, 7) is 3.75. The van der Waals surface area contributed by atoms with Gasteiger partial charge in [0.05, 0.1) is 11.6 Å². The highest BCUT2D eigenvalue weighted by molar-refractivity contribution is 5.34. The molecule has 0 radical (unpaired) electrons. The van der Waals surface area contributed by atoms with Crippen molar-refractivity contribution in [1.82, 2.24) is 0 Å². The lowest BCUT2D eigenvalue weighted by Gasteiger charge is -2.20. The van der Waals surface area contributed by atoms with Gasteiger partial charge in [-0.15, -0.1) is 0 Å². The van der Waals surface area contributed by atoms with Crippen LogP contribution in [0.5, 0.6) is 5.75 Å². The fraction of sp³-hybridized carbons (Fsp3) is 0.267. The van der Waals surface area contributed by atoms with Crippen LogP contribution in [-0.2, 0) is 0 Å². The molecule has 2 atom stereocenters. The normalized spacial score (nSPS) is 13.6. The molecule has 19 heavy (non-hydrogen) atoms. The van der Waals surface area contributed by atoms with Gasteiger partial charge in [0.25, 0.3) is 0 Å². The van der Waals surface area contributed by atoms with E-state index >= 15 is 0 Å². The van der Waals surface area contributed by atoms with Crippen molar-refractivity contribution in [1.29, 1.82) is 5.26 Å². The smallest absolute Gasteiger partial charge is 0.171 e. The summed E-state index contributed by atoms with van der Waals surface area (Å²) in [6.07, 6.45) is -0.346. The van der Waals surface area contributed by atoms with E-state index < -0.39 is 0 Å². The van der Waals surface area contributed by atoms with Crippen molar-refractivity contribution in [3.8, 4) is 11.8 Å². The Morgan fingerprint density at radius 2 is 1.89 bits per heavy atom. The van der Waals surface area contributed by atoms with E-state index in [0.717, 1.165) is 5.76 Å². The zero-order valence-corrected chi connectivity index (χ0v) is 11.0. The number of nitriles is 1. The van der Waals surface area contributed by atoms with Crippen molar-refractivity contribution in [3.63, 3.8) is 0 Å². The topological polar surface area (TPSA) is 72.2 Å². The highest BCUT2D eigenvalue weighted by Crippen LogP contribution is 2.25. The van der Waals surface area contributed by atoms with E-state index in [1.54, 1.807) is 24.3 Å². The van der Waals surface area contributed by atoms with Gasteiger partial charge >= 0.3 is 0 Å². The van der Waals surface area contributed by atoms with Gasteiger partial charge in [-0.3, -0.25) is 0 Å². The number of nitrogens with two attached hydrogens (primary N) is 1. The van der Waals surface area contributed by atoms with Crippen LogP contribution in [0.4, 0.5) is 0 Å². The number of rotatable bonds is 4. The second-order valence-corrected chi connectivity index (χ2v) is 4.48. The largest absolute Gasteiger partial charge is 0.481 e. The molecule has 4 heteroatoms. The van der Waals surface area contributed by atoms with Crippen LogP contribution in [0, 0.1) is 18.3 Å². The summed E-state index contributed by atoms with van der Waals surface area (Å²) in [5, 5.41) is 8.75. The molecule has 98 valence electrons. The van der Waals surface area contributed by atoms with Crippen LogP contribution >= 0.6 is 0 Å². The molecule has 0 saturated heterocycles. The molecule has 1 aromatic carbocycles. The van der Waals surface area contributed by atoms with Crippen LogP contribution in [0.25, 0.3) is 0 Å². The maximum absolute atomic E-state index is 8.75. The van der Waals surface area contributed by atoms with Crippen molar-refractivity contribution in [2.45, 2.75) is 26.0 Å². The molecule has 0 saturated carbocycles. The van der Waals surface area contributed by atoms with Crippen LogP contribution in [0.3, 0.4) is 0 Å². The second-order valence-electron chi connectivity index (χ2n) is 4.48. The number of aryl methyl sites for hydroxylation is 1. The Morgan fingerprint density at radius 1 is 1.21 bits per heavy atom. The Kier molecular flexibility index (Phi) is 3.88. The van der Waals surface area contributed by atoms with Gasteiger partial charge in [0.15, 0.2) is 6.10 Å². The lowest BCUT2D eigenvalue weighted by Crippen LogP contribution is -2.28. The van der Waals surface area contributed by atoms with Crippen LogP contribution in [0.1, 0.15) is 30.1 Å². The average molecular weight is 256 g/mol. The monoisotopic (exact) mass is 256 g/mol. The summed E-state index contributed by atoms with van der Waals surface area (Å²) in [5.41, 5.74) is 6.54. The van der Waals surface area contributed by atoms with E-state index in [2.05, 4.69) is 6.07 Å². The van der Waals surface area contributed by atoms with E-state index in [1.165, 1.54) is 0 Å². The number of ether oxygens (including phenoxy) is 1. The van der Waals surface area contributed by atoms with E-state index in [-0.39, 0.29) is 12.1 Å². The maximum atomic E-state index is 8.75. The van der Waals surface area contributed by atoms with E-state index in [0.29, 0.717) is 17.1 Å². The first-order chi connectivity index (χ1) is 9.10. The number of nitrogens with zero attached hydrogens (tertiary/aromatic N) is 1. The minimum absolute atomic E-state index is 0.207. The summed E-state index contributed by atoms with van der Waals surface area (Å²) < 4.78 is 11.4. The molecule has 0 fully saturated rings. The molecule has 0 aliphatic rings. The Balaban J connectivity index is 2.19. The fourth-order valence-electron chi connectivity index (χ4n) is 1.79. The zero-order valence-electron chi connectivity index (χ0n) is 11.0. The molecule has 2 rings (SSSR count). The van der Waals surface area contributed by atoms with Crippen molar-refractivity contribution >= 4 is 0 Å². The molecule has 0 amide bonds. The quantitative estimate of drug-likeness (QED) is 0.912. The first-order valence-corrected chi connectivity index (χ1v) is 6.09. The minimum Gasteiger partial charge on any atom is -0.481 e.